The summed E-state index contributed by atoms with van der Waals surface area (Å²) < 4.78 is 37.1. The van der Waals surface area contributed by atoms with Gasteiger partial charge in [0.2, 0.25) is 5.91 Å². The topological polar surface area (TPSA) is 42.2 Å². The lowest BCUT2D eigenvalue weighted by atomic mass is 10.1. The Morgan fingerprint density at radius 3 is 2.39 bits per heavy atom. The molecule has 1 N–H and O–H groups in total. The van der Waals surface area contributed by atoms with E-state index < -0.39 is 11.7 Å². The minimum atomic E-state index is -4.32. The van der Waals surface area contributed by atoms with E-state index in [0.717, 1.165) is 12.1 Å². The average molecular weight is 258 g/mol. The lowest BCUT2D eigenvalue weighted by molar-refractivity contribution is -0.137. The number of hydrogen-bond donors (Lipinski definition) is 1. The number of likely N-dealkylation sites (N-methyl/N-ethyl adjacent to an activating group) is 1. The molecule has 0 spiro atoms. The number of nitrogens with zero attached hydrogens (tertiary/aromatic N) is 1. The van der Waals surface area contributed by atoms with Gasteiger partial charge in [-0.25, -0.2) is 0 Å². The largest absolute Gasteiger partial charge is 0.416 e. The zero-order valence-corrected chi connectivity index (χ0v) is 9.79. The van der Waals surface area contributed by atoms with Gasteiger partial charge in [-0.15, -0.1) is 0 Å². The zero-order valence-electron chi connectivity index (χ0n) is 9.79. The van der Waals surface area contributed by atoms with Crippen molar-refractivity contribution in [3.8, 4) is 0 Å². The molecule has 0 radical (unpaired) electrons. The van der Waals surface area contributed by atoms with Crippen molar-refractivity contribution >= 4 is 5.91 Å². The summed E-state index contributed by atoms with van der Waals surface area (Å²) in [6, 6.07) is 4.73. The third-order valence-electron chi connectivity index (χ3n) is 2.78. The maximum absolute atomic E-state index is 12.4. The van der Waals surface area contributed by atoms with E-state index in [-0.39, 0.29) is 11.9 Å². The highest BCUT2D eigenvalue weighted by molar-refractivity contribution is 5.84. The fraction of sp³-hybridized carbons (Fsp3) is 0.417. The van der Waals surface area contributed by atoms with Crippen molar-refractivity contribution in [1.82, 2.24) is 10.2 Å². The Morgan fingerprint density at radius 2 is 1.94 bits per heavy atom. The second kappa shape index (κ2) is 4.61. The molecule has 1 aromatic rings. The lowest BCUT2D eigenvalue weighted by Gasteiger charge is -2.17. The van der Waals surface area contributed by atoms with E-state index in [0.29, 0.717) is 18.7 Å². The van der Waals surface area contributed by atoms with Crippen LogP contribution in [0.15, 0.2) is 24.3 Å². The standard InChI is InChI=1S/C12H13F3N2O/c1-17(11(18)10-6-16-10)7-8-2-4-9(5-3-8)12(13,14)15/h2-5,10,16H,6-7H2,1H3/t10-/m1/s1. The Hall–Kier alpha value is -1.56. The van der Waals surface area contributed by atoms with Crippen molar-refractivity contribution < 1.29 is 18.0 Å². The minimum absolute atomic E-state index is 0.0325. The summed E-state index contributed by atoms with van der Waals surface area (Å²) >= 11 is 0. The van der Waals surface area contributed by atoms with Crippen molar-refractivity contribution in [1.29, 1.82) is 0 Å². The summed E-state index contributed by atoms with van der Waals surface area (Å²) in [5, 5.41) is 2.89. The van der Waals surface area contributed by atoms with Gasteiger partial charge in [0.1, 0.15) is 0 Å². The Labute approximate surface area is 103 Å². The maximum atomic E-state index is 12.4. The quantitative estimate of drug-likeness (QED) is 0.837. The predicted octanol–water partition coefficient (Wildman–Crippen LogP) is 1.64. The summed E-state index contributed by atoms with van der Waals surface area (Å²) in [7, 11) is 1.64. The number of carbonyl (C=O) groups is 1. The molecule has 98 valence electrons. The second-order valence-electron chi connectivity index (χ2n) is 4.35. The summed E-state index contributed by atoms with van der Waals surface area (Å²) in [5.74, 6) is -0.0325. The van der Waals surface area contributed by atoms with E-state index in [1.165, 1.54) is 17.0 Å². The first-order chi connectivity index (χ1) is 8.38. The van der Waals surface area contributed by atoms with Gasteiger partial charge < -0.3 is 10.2 Å². The molecular weight excluding hydrogens is 245 g/mol. The third-order valence-corrected chi connectivity index (χ3v) is 2.78. The molecule has 0 unspecified atom stereocenters. The van der Waals surface area contributed by atoms with Gasteiger partial charge in [0.15, 0.2) is 0 Å². The molecule has 0 aliphatic carbocycles. The molecule has 1 aliphatic rings. The monoisotopic (exact) mass is 258 g/mol. The van der Waals surface area contributed by atoms with E-state index >= 15 is 0 Å². The van der Waals surface area contributed by atoms with Crippen molar-refractivity contribution in [2.24, 2.45) is 0 Å². The molecule has 3 nitrogen and oxygen atoms in total. The normalized spacial score (nSPS) is 18.6. The molecule has 18 heavy (non-hydrogen) atoms. The number of amides is 1. The SMILES string of the molecule is CN(Cc1ccc(C(F)(F)F)cc1)C(=O)[C@H]1CN1. The molecule has 1 fully saturated rings. The van der Waals surface area contributed by atoms with Crippen LogP contribution in [0.2, 0.25) is 0 Å². The van der Waals surface area contributed by atoms with E-state index in [2.05, 4.69) is 5.32 Å². The summed E-state index contributed by atoms with van der Waals surface area (Å²) in [6.07, 6.45) is -4.32. The number of benzene rings is 1. The maximum Gasteiger partial charge on any atom is 0.416 e. The first-order valence-electron chi connectivity index (χ1n) is 5.52. The molecular formula is C12H13F3N2O. The number of rotatable bonds is 3. The molecule has 6 heteroatoms. The smallest absolute Gasteiger partial charge is 0.340 e. The van der Waals surface area contributed by atoms with E-state index in [1.807, 2.05) is 0 Å². The molecule has 0 saturated carbocycles. The molecule has 1 amide bonds. The van der Waals surface area contributed by atoms with Gasteiger partial charge >= 0.3 is 6.18 Å². The number of hydrogen-bond acceptors (Lipinski definition) is 2. The molecule has 1 aliphatic heterocycles. The number of carbonyl (C=O) groups excluding carboxylic acids is 1. The van der Waals surface area contributed by atoms with Gasteiger partial charge in [0.25, 0.3) is 0 Å². The lowest BCUT2D eigenvalue weighted by Crippen LogP contribution is -2.31. The van der Waals surface area contributed by atoms with E-state index in [9.17, 15) is 18.0 Å². The Morgan fingerprint density at radius 1 is 1.39 bits per heavy atom. The van der Waals surface area contributed by atoms with Crippen LogP contribution in [-0.2, 0) is 17.5 Å². The van der Waals surface area contributed by atoms with Gasteiger partial charge in [-0.3, -0.25) is 4.79 Å². The number of nitrogens with one attached hydrogen (secondary N) is 1. The molecule has 1 atom stereocenters. The molecule has 0 bridgehead atoms. The Kier molecular flexibility index (Phi) is 3.30. The van der Waals surface area contributed by atoms with Crippen LogP contribution in [0.25, 0.3) is 0 Å². The Bertz CT molecular complexity index is 438. The third kappa shape index (κ3) is 3.01. The van der Waals surface area contributed by atoms with Gasteiger partial charge in [-0.2, -0.15) is 13.2 Å². The first kappa shape index (κ1) is 12.9. The van der Waals surface area contributed by atoms with Crippen LogP contribution in [0.5, 0.6) is 0 Å². The van der Waals surface area contributed by atoms with Crippen LogP contribution in [-0.4, -0.2) is 30.4 Å². The van der Waals surface area contributed by atoms with Gasteiger partial charge in [-0.05, 0) is 17.7 Å². The van der Waals surface area contributed by atoms with Crippen LogP contribution in [0.4, 0.5) is 13.2 Å². The number of alkyl halides is 3. The molecule has 0 aromatic heterocycles. The fourth-order valence-corrected chi connectivity index (χ4v) is 1.65. The summed E-state index contributed by atoms with van der Waals surface area (Å²) in [5.41, 5.74) is 0.00332. The molecule has 1 saturated heterocycles. The summed E-state index contributed by atoms with van der Waals surface area (Å²) in [4.78, 5) is 13.1. The highest BCUT2D eigenvalue weighted by atomic mass is 19.4. The van der Waals surface area contributed by atoms with Crippen LogP contribution in [0, 0.1) is 0 Å². The molecule has 2 rings (SSSR count). The first-order valence-corrected chi connectivity index (χ1v) is 5.52. The summed E-state index contributed by atoms with van der Waals surface area (Å²) in [6.45, 7) is 0.991. The van der Waals surface area contributed by atoms with Gasteiger partial charge in [0.05, 0.1) is 11.6 Å². The second-order valence-corrected chi connectivity index (χ2v) is 4.35. The van der Waals surface area contributed by atoms with Crippen LogP contribution >= 0.6 is 0 Å². The van der Waals surface area contributed by atoms with Crippen LogP contribution in [0.1, 0.15) is 11.1 Å². The van der Waals surface area contributed by atoms with Gasteiger partial charge in [0, 0.05) is 20.1 Å². The van der Waals surface area contributed by atoms with Gasteiger partial charge in [-0.1, -0.05) is 12.1 Å². The Balaban J connectivity index is 1.99. The molecule has 1 aromatic carbocycles. The highest BCUT2D eigenvalue weighted by Gasteiger charge is 2.32. The minimum Gasteiger partial charge on any atom is -0.340 e. The predicted molar refractivity (Wildman–Crippen MR) is 59.7 cm³/mol. The van der Waals surface area contributed by atoms with Crippen LogP contribution < -0.4 is 5.32 Å². The van der Waals surface area contributed by atoms with E-state index in [4.69, 9.17) is 0 Å². The average Bonchev–Trinajstić information content (AvgIpc) is 3.11. The molecule has 1 heterocycles. The zero-order chi connectivity index (χ0) is 13.3. The van der Waals surface area contributed by atoms with E-state index in [1.54, 1.807) is 7.05 Å². The fourth-order valence-electron chi connectivity index (χ4n) is 1.65. The van der Waals surface area contributed by atoms with Crippen molar-refractivity contribution in [2.45, 2.75) is 18.8 Å². The van der Waals surface area contributed by atoms with Crippen molar-refractivity contribution in [2.75, 3.05) is 13.6 Å². The van der Waals surface area contributed by atoms with Crippen molar-refractivity contribution in [3.05, 3.63) is 35.4 Å². The number of halogens is 3. The van der Waals surface area contributed by atoms with Crippen LogP contribution in [0.3, 0.4) is 0 Å². The van der Waals surface area contributed by atoms with Crippen molar-refractivity contribution in [3.63, 3.8) is 0 Å². The highest BCUT2D eigenvalue weighted by Crippen LogP contribution is 2.29.